The topological polar surface area (TPSA) is 55.2 Å². The number of nitrogens with zero attached hydrogens (tertiary/aromatic N) is 1. The maximum atomic E-state index is 13.5. The summed E-state index contributed by atoms with van der Waals surface area (Å²) in [4.78, 5) is 9.83. The van der Waals surface area contributed by atoms with Crippen molar-refractivity contribution >= 4 is 11.4 Å². The van der Waals surface area contributed by atoms with Gasteiger partial charge >= 0.3 is 5.69 Å². The van der Waals surface area contributed by atoms with E-state index in [1.54, 1.807) is 6.07 Å². The Hall–Kier alpha value is -1.65. The highest BCUT2D eigenvalue weighted by molar-refractivity contribution is 5.50. The third-order valence-corrected chi connectivity index (χ3v) is 3.94. The van der Waals surface area contributed by atoms with E-state index in [1.807, 2.05) is 0 Å². The molecule has 0 radical (unpaired) electrons. The highest BCUT2D eigenvalue weighted by Gasteiger charge is 2.20. The Balaban J connectivity index is 1.97. The minimum Gasteiger partial charge on any atom is -0.382 e. The van der Waals surface area contributed by atoms with Gasteiger partial charge in [-0.2, -0.15) is 4.39 Å². The summed E-state index contributed by atoms with van der Waals surface area (Å²) in [7, 11) is 0. The first-order valence-electron chi connectivity index (χ1n) is 6.80. The van der Waals surface area contributed by atoms with Gasteiger partial charge in [-0.1, -0.05) is 13.3 Å². The van der Waals surface area contributed by atoms with Gasteiger partial charge < -0.3 is 5.32 Å². The van der Waals surface area contributed by atoms with E-state index in [1.165, 1.54) is 31.4 Å². The zero-order valence-electron chi connectivity index (χ0n) is 11.1. The minimum atomic E-state index is -0.780. The molecule has 0 bridgehead atoms. The largest absolute Gasteiger partial charge is 0.382 e. The normalized spacial score (nSPS) is 23.1. The molecule has 0 amide bonds. The molecule has 0 unspecified atom stereocenters. The predicted molar refractivity (Wildman–Crippen MR) is 72.7 cm³/mol. The Morgan fingerprint density at radius 3 is 2.58 bits per heavy atom. The molecule has 1 saturated carbocycles. The van der Waals surface area contributed by atoms with Crippen LogP contribution in [0, 0.1) is 21.8 Å². The molecule has 0 saturated heterocycles. The van der Waals surface area contributed by atoms with Gasteiger partial charge in [-0.05, 0) is 37.7 Å². The van der Waals surface area contributed by atoms with Gasteiger partial charge in [-0.15, -0.1) is 0 Å². The van der Waals surface area contributed by atoms with E-state index in [0.717, 1.165) is 18.8 Å². The van der Waals surface area contributed by atoms with Gasteiger partial charge in [0.25, 0.3) is 0 Å². The van der Waals surface area contributed by atoms with Crippen LogP contribution in [0.25, 0.3) is 0 Å². The van der Waals surface area contributed by atoms with Crippen LogP contribution in [0.3, 0.4) is 0 Å². The number of nitrogens with one attached hydrogen (secondary N) is 1. The number of nitro benzene ring substituents is 1. The SMILES string of the molecule is CCC1CCC(Nc2ccc([N+](=O)[O-])c(F)c2)CC1. The zero-order chi connectivity index (χ0) is 13.8. The first-order valence-corrected chi connectivity index (χ1v) is 6.80. The molecule has 2 rings (SSSR count). The van der Waals surface area contributed by atoms with Gasteiger partial charge in [-0.25, -0.2) is 0 Å². The maximum absolute atomic E-state index is 13.5. The second-order valence-electron chi connectivity index (χ2n) is 5.19. The third kappa shape index (κ3) is 3.43. The molecule has 4 nitrogen and oxygen atoms in total. The molecule has 0 spiro atoms. The molecule has 104 valence electrons. The fourth-order valence-corrected chi connectivity index (χ4v) is 2.70. The van der Waals surface area contributed by atoms with E-state index in [2.05, 4.69) is 12.2 Å². The van der Waals surface area contributed by atoms with Crippen LogP contribution >= 0.6 is 0 Å². The Morgan fingerprint density at radius 1 is 1.37 bits per heavy atom. The molecule has 0 aromatic heterocycles. The van der Waals surface area contributed by atoms with Gasteiger partial charge in [0.1, 0.15) is 0 Å². The number of benzene rings is 1. The molecule has 19 heavy (non-hydrogen) atoms. The number of nitro groups is 1. The van der Waals surface area contributed by atoms with Gasteiger partial charge in [0.15, 0.2) is 0 Å². The Kier molecular flexibility index (Phi) is 4.35. The molecule has 1 aromatic carbocycles. The Morgan fingerprint density at radius 2 is 2.05 bits per heavy atom. The van der Waals surface area contributed by atoms with Crippen molar-refractivity contribution in [1.82, 2.24) is 0 Å². The highest BCUT2D eigenvalue weighted by Crippen LogP contribution is 2.29. The van der Waals surface area contributed by atoms with Crippen molar-refractivity contribution in [3.05, 3.63) is 34.1 Å². The van der Waals surface area contributed by atoms with E-state index in [-0.39, 0.29) is 0 Å². The van der Waals surface area contributed by atoms with Crippen molar-refractivity contribution in [2.24, 2.45) is 5.92 Å². The lowest BCUT2D eigenvalue weighted by Crippen LogP contribution is -2.25. The van der Waals surface area contributed by atoms with Crippen LogP contribution in [-0.2, 0) is 0 Å². The maximum Gasteiger partial charge on any atom is 0.304 e. The molecule has 1 aliphatic carbocycles. The van der Waals surface area contributed by atoms with Crippen LogP contribution in [0.5, 0.6) is 0 Å². The quantitative estimate of drug-likeness (QED) is 0.659. The Labute approximate surface area is 112 Å². The summed E-state index contributed by atoms with van der Waals surface area (Å²) in [6, 6.07) is 4.36. The number of anilines is 1. The molecule has 0 aliphatic heterocycles. The lowest BCUT2D eigenvalue weighted by Gasteiger charge is -2.29. The first-order chi connectivity index (χ1) is 9.10. The fraction of sp³-hybridized carbons (Fsp3) is 0.571. The van der Waals surface area contributed by atoms with E-state index in [9.17, 15) is 14.5 Å². The highest BCUT2D eigenvalue weighted by atomic mass is 19.1. The number of halogens is 1. The lowest BCUT2D eigenvalue weighted by molar-refractivity contribution is -0.387. The van der Waals surface area contributed by atoms with E-state index < -0.39 is 16.4 Å². The van der Waals surface area contributed by atoms with Gasteiger partial charge in [0, 0.05) is 23.9 Å². The number of rotatable bonds is 4. The molecule has 0 atom stereocenters. The first kappa shape index (κ1) is 13.8. The lowest BCUT2D eigenvalue weighted by atomic mass is 9.84. The summed E-state index contributed by atoms with van der Waals surface area (Å²) >= 11 is 0. The van der Waals surface area contributed by atoms with Crippen LogP contribution in [0.1, 0.15) is 39.0 Å². The van der Waals surface area contributed by atoms with E-state index in [0.29, 0.717) is 11.7 Å². The van der Waals surface area contributed by atoms with Gasteiger partial charge in [-0.3, -0.25) is 10.1 Å². The molecule has 0 heterocycles. The minimum absolute atomic E-state index is 0.351. The van der Waals surface area contributed by atoms with Crippen LogP contribution in [0.2, 0.25) is 0 Å². The molecule has 5 heteroatoms. The summed E-state index contributed by atoms with van der Waals surface area (Å²) in [5, 5.41) is 13.8. The number of hydrogen-bond donors (Lipinski definition) is 1. The molecular weight excluding hydrogens is 247 g/mol. The standard InChI is InChI=1S/C14H19FN2O2/c1-2-10-3-5-11(6-4-10)16-12-7-8-14(17(18)19)13(15)9-12/h7-11,16H,2-6H2,1H3. The average molecular weight is 266 g/mol. The zero-order valence-corrected chi connectivity index (χ0v) is 11.1. The molecule has 1 aromatic rings. The third-order valence-electron chi connectivity index (χ3n) is 3.94. The van der Waals surface area contributed by atoms with Crippen molar-refractivity contribution in [3.8, 4) is 0 Å². The predicted octanol–water partition coefficient (Wildman–Crippen LogP) is 4.11. The van der Waals surface area contributed by atoms with Crippen molar-refractivity contribution in [1.29, 1.82) is 0 Å². The summed E-state index contributed by atoms with van der Waals surface area (Å²) < 4.78 is 13.5. The van der Waals surface area contributed by atoms with Crippen molar-refractivity contribution in [3.63, 3.8) is 0 Å². The van der Waals surface area contributed by atoms with Crippen LogP contribution in [-0.4, -0.2) is 11.0 Å². The summed E-state index contributed by atoms with van der Waals surface area (Å²) in [5.41, 5.74) is 0.156. The average Bonchev–Trinajstić information content (AvgIpc) is 2.39. The van der Waals surface area contributed by atoms with Crippen molar-refractivity contribution in [2.75, 3.05) is 5.32 Å². The van der Waals surface area contributed by atoms with E-state index in [4.69, 9.17) is 0 Å². The molecule has 1 N–H and O–H groups in total. The van der Waals surface area contributed by atoms with E-state index >= 15 is 0 Å². The molecule has 1 fully saturated rings. The summed E-state index contributed by atoms with van der Waals surface area (Å²) in [5.74, 6) is 0.0314. The fourth-order valence-electron chi connectivity index (χ4n) is 2.70. The smallest absolute Gasteiger partial charge is 0.304 e. The van der Waals surface area contributed by atoms with Crippen molar-refractivity contribution < 1.29 is 9.31 Å². The number of hydrogen-bond acceptors (Lipinski definition) is 3. The second kappa shape index (κ2) is 5.99. The van der Waals surface area contributed by atoms with Gasteiger partial charge in [0.2, 0.25) is 5.82 Å². The van der Waals surface area contributed by atoms with Crippen LogP contribution in [0.4, 0.5) is 15.8 Å². The van der Waals surface area contributed by atoms with Crippen LogP contribution in [0.15, 0.2) is 18.2 Å². The molecule has 1 aliphatic rings. The monoisotopic (exact) mass is 266 g/mol. The summed E-state index contributed by atoms with van der Waals surface area (Å²) in [6.45, 7) is 2.21. The van der Waals surface area contributed by atoms with Crippen LogP contribution < -0.4 is 5.32 Å². The molecular formula is C14H19FN2O2. The second-order valence-corrected chi connectivity index (χ2v) is 5.19. The Bertz CT molecular complexity index is 457. The van der Waals surface area contributed by atoms with Crippen molar-refractivity contribution in [2.45, 2.75) is 45.1 Å². The summed E-state index contributed by atoms with van der Waals surface area (Å²) in [6.07, 6.45) is 5.78. The van der Waals surface area contributed by atoms with Gasteiger partial charge in [0.05, 0.1) is 4.92 Å².